The minimum atomic E-state index is 0.773. The van der Waals surface area contributed by atoms with Gasteiger partial charge in [0.1, 0.15) is 0 Å². The quantitative estimate of drug-likeness (QED) is 0.525. The van der Waals surface area contributed by atoms with Gasteiger partial charge in [-0.1, -0.05) is 43.2 Å². The minimum Gasteiger partial charge on any atom is -0.0808 e. The molecule has 0 amide bonds. The van der Waals surface area contributed by atoms with Gasteiger partial charge in [0.25, 0.3) is 0 Å². The van der Waals surface area contributed by atoms with Gasteiger partial charge in [0.2, 0.25) is 0 Å². The Kier molecular flexibility index (Phi) is 1.68. The SMILES string of the molecule is C1=CC2C(=C1)C=CC1CCCCC12. The molecule has 3 unspecified atom stereocenters. The van der Waals surface area contributed by atoms with Gasteiger partial charge >= 0.3 is 0 Å². The normalized spacial score (nSPS) is 41.2. The third-order valence-electron chi connectivity index (χ3n) is 3.86. The first kappa shape index (κ1) is 7.61. The molecule has 3 rings (SSSR count). The topological polar surface area (TPSA) is 0 Å². The zero-order valence-electron chi connectivity index (χ0n) is 7.95. The smallest absolute Gasteiger partial charge is 0.00548 e. The molecule has 0 N–H and O–H groups in total. The van der Waals surface area contributed by atoms with Crippen molar-refractivity contribution in [1.82, 2.24) is 0 Å². The van der Waals surface area contributed by atoms with E-state index in [0.717, 1.165) is 17.8 Å². The van der Waals surface area contributed by atoms with E-state index in [9.17, 15) is 0 Å². The molecule has 13 heavy (non-hydrogen) atoms. The number of allylic oxidation sites excluding steroid dienone is 6. The largest absolute Gasteiger partial charge is 0.0808 e. The fraction of sp³-hybridized carbons (Fsp3) is 0.538. The molecule has 0 spiro atoms. The summed E-state index contributed by atoms with van der Waals surface area (Å²) in [5.74, 6) is 2.60. The Morgan fingerprint density at radius 2 is 2.00 bits per heavy atom. The number of fused-ring (bicyclic) bond motifs is 3. The van der Waals surface area contributed by atoms with E-state index in [4.69, 9.17) is 0 Å². The van der Waals surface area contributed by atoms with Gasteiger partial charge in [0, 0.05) is 5.92 Å². The van der Waals surface area contributed by atoms with E-state index in [-0.39, 0.29) is 0 Å². The van der Waals surface area contributed by atoms with Crippen LogP contribution < -0.4 is 0 Å². The summed E-state index contributed by atoms with van der Waals surface area (Å²) >= 11 is 0. The van der Waals surface area contributed by atoms with Gasteiger partial charge in [-0.25, -0.2) is 0 Å². The fourth-order valence-electron chi connectivity index (χ4n) is 3.17. The molecule has 0 heteroatoms. The van der Waals surface area contributed by atoms with Crippen LogP contribution in [0.5, 0.6) is 0 Å². The van der Waals surface area contributed by atoms with Crippen molar-refractivity contribution in [1.29, 1.82) is 0 Å². The second-order valence-electron chi connectivity index (χ2n) is 4.55. The van der Waals surface area contributed by atoms with Crippen LogP contribution in [0.2, 0.25) is 0 Å². The molecule has 1 fully saturated rings. The maximum atomic E-state index is 2.46. The molecule has 0 bridgehead atoms. The van der Waals surface area contributed by atoms with Crippen molar-refractivity contribution in [3.63, 3.8) is 0 Å². The van der Waals surface area contributed by atoms with Crippen molar-refractivity contribution >= 4 is 0 Å². The Morgan fingerprint density at radius 3 is 3.00 bits per heavy atom. The van der Waals surface area contributed by atoms with E-state index < -0.39 is 0 Å². The highest BCUT2D eigenvalue weighted by molar-refractivity contribution is 5.39. The van der Waals surface area contributed by atoms with Crippen LogP contribution >= 0.6 is 0 Å². The van der Waals surface area contributed by atoms with Crippen molar-refractivity contribution in [2.75, 3.05) is 0 Å². The monoisotopic (exact) mass is 172 g/mol. The van der Waals surface area contributed by atoms with E-state index in [1.165, 1.54) is 25.7 Å². The van der Waals surface area contributed by atoms with Gasteiger partial charge in [-0.15, -0.1) is 0 Å². The van der Waals surface area contributed by atoms with Crippen molar-refractivity contribution in [2.24, 2.45) is 17.8 Å². The minimum absolute atomic E-state index is 0.773. The zero-order valence-corrected chi connectivity index (χ0v) is 7.95. The van der Waals surface area contributed by atoms with Crippen LogP contribution in [-0.2, 0) is 0 Å². The highest BCUT2D eigenvalue weighted by atomic mass is 14.4. The van der Waals surface area contributed by atoms with Gasteiger partial charge in [-0.2, -0.15) is 0 Å². The number of rotatable bonds is 0. The molecule has 0 heterocycles. The van der Waals surface area contributed by atoms with Crippen LogP contribution in [0.3, 0.4) is 0 Å². The van der Waals surface area contributed by atoms with Gasteiger partial charge < -0.3 is 0 Å². The van der Waals surface area contributed by atoms with Gasteiger partial charge in [0.15, 0.2) is 0 Å². The summed E-state index contributed by atoms with van der Waals surface area (Å²) in [6, 6.07) is 0. The molecular weight excluding hydrogens is 156 g/mol. The third kappa shape index (κ3) is 1.12. The average Bonchev–Trinajstić information content (AvgIpc) is 2.65. The van der Waals surface area contributed by atoms with E-state index >= 15 is 0 Å². The number of hydrogen-bond acceptors (Lipinski definition) is 0. The summed E-state index contributed by atoms with van der Waals surface area (Å²) < 4.78 is 0. The lowest BCUT2D eigenvalue weighted by Gasteiger charge is -2.37. The van der Waals surface area contributed by atoms with Crippen molar-refractivity contribution in [3.8, 4) is 0 Å². The first-order valence-corrected chi connectivity index (χ1v) is 5.52. The lowest BCUT2D eigenvalue weighted by Crippen LogP contribution is -2.27. The Hall–Kier alpha value is -0.780. The van der Waals surface area contributed by atoms with E-state index in [2.05, 4.69) is 30.4 Å². The highest BCUT2D eigenvalue weighted by Gasteiger charge is 2.33. The maximum absolute atomic E-state index is 2.46. The van der Waals surface area contributed by atoms with E-state index in [0.29, 0.717) is 0 Å². The summed E-state index contributed by atoms with van der Waals surface area (Å²) in [6.45, 7) is 0. The molecule has 0 nitrogen and oxygen atoms in total. The van der Waals surface area contributed by atoms with E-state index in [1.807, 2.05) is 0 Å². The lowest BCUT2D eigenvalue weighted by atomic mass is 9.68. The van der Waals surface area contributed by atoms with Crippen molar-refractivity contribution in [2.45, 2.75) is 25.7 Å². The molecule has 0 aromatic carbocycles. The molecule has 3 atom stereocenters. The van der Waals surface area contributed by atoms with Crippen LogP contribution in [0.4, 0.5) is 0 Å². The van der Waals surface area contributed by atoms with Crippen LogP contribution in [0.15, 0.2) is 36.0 Å². The van der Waals surface area contributed by atoms with Gasteiger partial charge in [0.05, 0.1) is 0 Å². The second kappa shape index (κ2) is 2.87. The molecule has 0 saturated heterocycles. The zero-order chi connectivity index (χ0) is 8.67. The number of hydrogen-bond donors (Lipinski definition) is 0. The predicted octanol–water partition coefficient (Wildman–Crippen LogP) is 3.48. The molecular formula is C13H16. The summed E-state index contributed by atoms with van der Waals surface area (Å²) in [5, 5.41) is 0. The standard InChI is InChI=1S/C13H16/c1-2-6-12-10(4-1)8-9-11-5-3-7-13(11)12/h3,5,7-10,12-13H,1-2,4,6H2. The summed E-state index contributed by atoms with van der Waals surface area (Å²) in [4.78, 5) is 0. The Labute approximate surface area is 80.0 Å². The summed E-state index contributed by atoms with van der Waals surface area (Å²) in [7, 11) is 0. The Balaban J connectivity index is 1.94. The maximum Gasteiger partial charge on any atom is 0.00548 e. The Bertz CT molecular complexity index is 293. The molecule has 68 valence electrons. The summed E-state index contributed by atoms with van der Waals surface area (Å²) in [6.07, 6.45) is 17.5. The van der Waals surface area contributed by atoms with Gasteiger partial charge in [-0.3, -0.25) is 0 Å². The third-order valence-corrected chi connectivity index (χ3v) is 3.86. The Morgan fingerprint density at radius 1 is 1.08 bits per heavy atom. The molecule has 0 aromatic rings. The molecule has 0 aromatic heterocycles. The van der Waals surface area contributed by atoms with Crippen LogP contribution in [0.1, 0.15) is 25.7 Å². The fourth-order valence-corrected chi connectivity index (χ4v) is 3.17. The first-order valence-electron chi connectivity index (χ1n) is 5.52. The van der Waals surface area contributed by atoms with Crippen LogP contribution in [-0.4, -0.2) is 0 Å². The highest BCUT2D eigenvalue weighted by Crippen LogP contribution is 2.44. The van der Waals surface area contributed by atoms with Crippen molar-refractivity contribution in [3.05, 3.63) is 36.0 Å². The average molecular weight is 172 g/mol. The molecule has 0 aliphatic heterocycles. The molecule has 3 aliphatic carbocycles. The molecule has 1 saturated carbocycles. The van der Waals surface area contributed by atoms with Crippen LogP contribution in [0.25, 0.3) is 0 Å². The summed E-state index contributed by atoms with van der Waals surface area (Å²) in [5.41, 5.74) is 1.56. The van der Waals surface area contributed by atoms with E-state index in [1.54, 1.807) is 5.57 Å². The van der Waals surface area contributed by atoms with Crippen LogP contribution in [0, 0.1) is 17.8 Å². The second-order valence-corrected chi connectivity index (χ2v) is 4.55. The van der Waals surface area contributed by atoms with Crippen molar-refractivity contribution < 1.29 is 0 Å². The molecule has 3 aliphatic rings. The predicted molar refractivity (Wildman–Crippen MR) is 55.3 cm³/mol. The molecule has 0 radical (unpaired) electrons. The lowest BCUT2D eigenvalue weighted by molar-refractivity contribution is 0.239. The van der Waals surface area contributed by atoms with Gasteiger partial charge in [-0.05, 0) is 30.3 Å². The first-order chi connectivity index (χ1) is 6.45.